The van der Waals surface area contributed by atoms with Gasteiger partial charge in [0, 0.05) is 12.5 Å². The number of aliphatic carboxylic acids is 1. The summed E-state index contributed by atoms with van der Waals surface area (Å²) in [5.41, 5.74) is 3.41. The van der Waals surface area contributed by atoms with Gasteiger partial charge in [0.15, 0.2) is 0 Å². The van der Waals surface area contributed by atoms with Gasteiger partial charge in [0.1, 0.15) is 18.2 Å². The number of fused-ring (bicyclic) bond motifs is 4. The molecule has 0 aromatic heterocycles. The predicted octanol–water partition coefficient (Wildman–Crippen LogP) is 4.02. The lowest BCUT2D eigenvalue weighted by molar-refractivity contribution is -0.159. The van der Waals surface area contributed by atoms with E-state index >= 15 is 0 Å². The van der Waals surface area contributed by atoms with Crippen LogP contribution in [0.2, 0.25) is 0 Å². The number of carbonyl (C=O) groups excluding carboxylic acids is 2. The molecule has 2 aromatic rings. The Labute approximate surface area is 199 Å². The number of amides is 2. The highest BCUT2D eigenvalue weighted by Crippen LogP contribution is 2.51. The standard InChI is InChI=1S/C27H30N2O5/c1-16(2)11-23(24(30)29-14-17-12-27(29,13-17)25(31)32)28-26(33)34-15-22-20-9-5-3-7-18(20)19-8-4-6-10-21(19)22/h3-10,16-17,22-23H,11-15H2,1-2H3,(H,28,33)(H,31,32)/t17?,23-,27?/m1/s1. The van der Waals surface area contributed by atoms with Crippen molar-refractivity contribution in [1.29, 1.82) is 0 Å². The van der Waals surface area contributed by atoms with Gasteiger partial charge in [-0.05, 0) is 53.4 Å². The molecule has 178 valence electrons. The van der Waals surface area contributed by atoms with Crippen LogP contribution in [0.5, 0.6) is 0 Å². The molecule has 3 fully saturated rings. The normalized spacial score (nSPS) is 23.1. The number of ether oxygens (including phenoxy) is 1. The summed E-state index contributed by atoms with van der Waals surface area (Å²) in [6.45, 7) is 4.53. The van der Waals surface area contributed by atoms with Gasteiger partial charge in [-0.25, -0.2) is 9.59 Å². The Morgan fingerprint density at radius 3 is 2.21 bits per heavy atom. The smallest absolute Gasteiger partial charge is 0.407 e. The second-order valence-electron chi connectivity index (χ2n) is 10.2. The summed E-state index contributed by atoms with van der Waals surface area (Å²) in [6.07, 6.45) is 0.748. The van der Waals surface area contributed by atoms with E-state index in [1.165, 1.54) is 4.90 Å². The van der Waals surface area contributed by atoms with Crippen molar-refractivity contribution in [3.8, 4) is 11.1 Å². The lowest BCUT2D eigenvalue weighted by Gasteiger charge is -2.39. The van der Waals surface area contributed by atoms with E-state index in [2.05, 4.69) is 29.6 Å². The van der Waals surface area contributed by atoms with Gasteiger partial charge in [-0.2, -0.15) is 0 Å². The van der Waals surface area contributed by atoms with Gasteiger partial charge in [-0.1, -0.05) is 62.4 Å². The molecule has 2 aliphatic carbocycles. The minimum absolute atomic E-state index is 0.0708. The second kappa shape index (κ2) is 8.46. The number of carbonyl (C=O) groups is 3. The Balaban J connectivity index is 1.28. The van der Waals surface area contributed by atoms with Gasteiger partial charge in [0.25, 0.3) is 0 Å². The van der Waals surface area contributed by atoms with Crippen LogP contribution in [-0.2, 0) is 14.3 Å². The molecule has 4 aliphatic rings. The van der Waals surface area contributed by atoms with Crippen LogP contribution in [-0.4, -0.2) is 52.7 Å². The molecule has 1 atom stereocenters. The summed E-state index contributed by atoms with van der Waals surface area (Å²) in [5.74, 6) is -0.988. The Kier molecular flexibility index (Phi) is 5.58. The Morgan fingerprint density at radius 1 is 1.06 bits per heavy atom. The van der Waals surface area contributed by atoms with E-state index < -0.39 is 23.6 Å². The van der Waals surface area contributed by atoms with Gasteiger partial charge < -0.3 is 20.1 Å². The van der Waals surface area contributed by atoms with E-state index in [9.17, 15) is 19.5 Å². The zero-order valence-corrected chi connectivity index (χ0v) is 19.5. The molecule has 34 heavy (non-hydrogen) atoms. The molecule has 7 nitrogen and oxygen atoms in total. The SMILES string of the molecule is CC(C)C[C@@H](NC(=O)OCC1c2ccccc2-c2ccccc21)C(=O)N1CC2CC1(C(=O)O)C2. The largest absolute Gasteiger partial charge is 0.479 e. The van der Waals surface area contributed by atoms with Crippen molar-refractivity contribution in [2.45, 2.75) is 50.6 Å². The van der Waals surface area contributed by atoms with Gasteiger partial charge in [-0.3, -0.25) is 4.79 Å². The van der Waals surface area contributed by atoms with Crippen LogP contribution in [0.4, 0.5) is 4.79 Å². The summed E-state index contributed by atoms with van der Waals surface area (Å²) in [6, 6.07) is 15.4. The van der Waals surface area contributed by atoms with Crippen molar-refractivity contribution in [3.63, 3.8) is 0 Å². The third-order valence-corrected chi connectivity index (χ3v) is 7.52. The zero-order valence-electron chi connectivity index (χ0n) is 19.5. The maximum Gasteiger partial charge on any atom is 0.407 e. The average Bonchev–Trinajstić information content (AvgIpc) is 3.45. The molecule has 0 radical (unpaired) electrons. The number of rotatable bonds is 7. The van der Waals surface area contributed by atoms with Crippen molar-refractivity contribution >= 4 is 18.0 Å². The van der Waals surface area contributed by atoms with Gasteiger partial charge in [0.05, 0.1) is 0 Å². The molecule has 2 aliphatic heterocycles. The number of benzene rings is 2. The van der Waals surface area contributed by atoms with Crippen LogP contribution in [0, 0.1) is 11.8 Å². The fourth-order valence-corrected chi connectivity index (χ4v) is 5.93. The van der Waals surface area contributed by atoms with E-state index in [1.54, 1.807) is 0 Å². The highest BCUT2D eigenvalue weighted by molar-refractivity contribution is 5.93. The Morgan fingerprint density at radius 2 is 1.65 bits per heavy atom. The third-order valence-electron chi connectivity index (χ3n) is 7.52. The molecule has 6 rings (SSSR count). The highest BCUT2D eigenvalue weighted by Gasteiger charge is 2.63. The Hall–Kier alpha value is -3.35. The third kappa shape index (κ3) is 3.63. The van der Waals surface area contributed by atoms with E-state index in [4.69, 9.17) is 4.74 Å². The van der Waals surface area contributed by atoms with E-state index in [0.717, 1.165) is 22.3 Å². The van der Waals surface area contributed by atoms with Crippen LogP contribution in [0.1, 0.15) is 50.2 Å². The van der Waals surface area contributed by atoms with E-state index in [0.29, 0.717) is 25.8 Å². The number of nitrogens with one attached hydrogen (secondary N) is 1. The molecule has 2 amide bonds. The summed E-state index contributed by atoms with van der Waals surface area (Å²) in [5, 5.41) is 12.5. The number of carboxylic acids is 1. The maximum absolute atomic E-state index is 13.3. The van der Waals surface area contributed by atoms with Crippen molar-refractivity contribution in [3.05, 3.63) is 59.7 Å². The van der Waals surface area contributed by atoms with Crippen molar-refractivity contribution < 1.29 is 24.2 Å². The second-order valence-corrected chi connectivity index (χ2v) is 10.2. The molecule has 2 bridgehead atoms. The first kappa shape index (κ1) is 22.4. The first-order chi connectivity index (χ1) is 16.3. The average molecular weight is 463 g/mol. The van der Waals surface area contributed by atoms with Crippen molar-refractivity contribution in [1.82, 2.24) is 10.2 Å². The highest BCUT2D eigenvalue weighted by atomic mass is 16.5. The van der Waals surface area contributed by atoms with Gasteiger partial charge in [0.2, 0.25) is 5.91 Å². The first-order valence-corrected chi connectivity index (χ1v) is 12.0. The van der Waals surface area contributed by atoms with Crippen LogP contribution in [0.15, 0.2) is 48.5 Å². The molecule has 0 unspecified atom stereocenters. The quantitative estimate of drug-likeness (QED) is 0.648. The van der Waals surface area contributed by atoms with Crippen LogP contribution >= 0.6 is 0 Å². The number of carboxylic acid groups (broad SMARTS) is 1. The van der Waals surface area contributed by atoms with Gasteiger partial charge >= 0.3 is 12.1 Å². The zero-order chi connectivity index (χ0) is 24.0. The van der Waals surface area contributed by atoms with Gasteiger partial charge in [-0.15, -0.1) is 0 Å². The first-order valence-electron chi connectivity index (χ1n) is 12.0. The van der Waals surface area contributed by atoms with E-state index in [-0.39, 0.29) is 30.3 Å². The molecule has 2 aromatic carbocycles. The number of alkyl carbamates (subject to hydrolysis) is 1. The van der Waals surface area contributed by atoms with Crippen LogP contribution in [0.3, 0.4) is 0 Å². The fourth-order valence-electron chi connectivity index (χ4n) is 5.93. The lowest BCUT2D eigenvalue weighted by atomic mass is 9.73. The fraction of sp³-hybridized carbons (Fsp3) is 0.444. The molecular weight excluding hydrogens is 432 g/mol. The molecule has 2 saturated heterocycles. The van der Waals surface area contributed by atoms with E-state index in [1.807, 2.05) is 38.1 Å². The van der Waals surface area contributed by atoms with Crippen molar-refractivity contribution in [2.75, 3.05) is 13.2 Å². The predicted molar refractivity (Wildman–Crippen MR) is 126 cm³/mol. The number of nitrogens with zero attached hydrogens (tertiary/aromatic N) is 1. The van der Waals surface area contributed by atoms with Crippen LogP contribution < -0.4 is 5.32 Å². The Bertz CT molecular complexity index is 1090. The summed E-state index contributed by atoms with van der Waals surface area (Å²) < 4.78 is 5.64. The molecule has 2 heterocycles. The molecule has 7 heteroatoms. The number of hydrogen-bond donors (Lipinski definition) is 2. The van der Waals surface area contributed by atoms with Crippen LogP contribution in [0.25, 0.3) is 11.1 Å². The minimum Gasteiger partial charge on any atom is -0.479 e. The molecule has 2 N–H and O–H groups in total. The minimum atomic E-state index is -1.11. The molecular formula is C27H30N2O5. The monoisotopic (exact) mass is 462 g/mol. The van der Waals surface area contributed by atoms with Crippen molar-refractivity contribution in [2.24, 2.45) is 11.8 Å². The lowest BCUT2D eigenvalue weighted by Crippen LogP contribution is -2.59. The summed E-state index contributed by atoms with van der Waals surface area (Å²) >= 11 is 0. The molecule has 1 saturated carbocycles. The number of hydrogen-bond acceptors (Lipinski definition) is 4. The summed E-state index contributed by atoms with van der Waals surface area (Å²) in [7, 11) is 0. The molecule has 0 spiro atoms. The maximum atomic E-state index is 13.3. The summed E-state index contributed by atoms with van der Waals surface area (Å²) in [4.78, 5) is 39.5. The topological polar surface area (TPSA) is 95.9 Å².